The fourth-order valence-corrected chi connectivity index (χ4v) is 2.73. The van der Waals surface area contributed by atoms with E-state index in [4.69, 9.17) is 16.3 Å². The minimum atomic E-state index is 0. The third-order valence-electron chi connectivity index (χ3n) is 3.93. The first-order valence-electron chi connectivity index (χ1n) is 8.74. The quantitative estimate of drug-likeness (QED) is 0.245. The smallest absolute Gasteiger partial charge is 0.194 e. The molecule has 1 aromatic carbocycles. The van der Waals surface area contributed by atoms with Crippen molar-refractivity contribution >= 4 is 41.5 Å². The van der Waals surface area contributed by atoms with Crippen molar-refractivity contribution in [3.8, 4) is 0 Å². The molecule has 0 radical (unpaired) electrons. The van der Waals surface area contributed by atoms with Crippen molar-refractivity contribution in [3.63, 3.8) is 0 Å². The maximum Gasteiger partial charge on any atom is 0.194 e. The van der Waals surface area contributed by atoms with Gasteiger partial charge in [-0.1, -0.05) is 36.7 Å². The molecule has 1 N–H and O–H groups in total. The minimum Gasteiger partial charge on any atom is -0.383 e. The van der Waals surface area contributed by atoms with Gasteiger partial charge in [0.25, 0.3) is 0 Å². The summed E-state index contributed by atoms with van der Waals surface area (Å²) in [6, 6.07) is 7.85. The summed E-state index contributed by atoms with van der Waals surface area (Å²) in [5.74, 6) is 1.79. The summed E-state index contributed by atoms with van der Waals surface area (Å²) < 4.78 is 7.16. The summed E-state index contributed by atoms with van der Waals surface area (Å²) in [7, 11) is 3.67. The molecule has 1 aromatic heterocycles. The van der Waals surface area contributed by atoms with Crippen molar-refractivity contribution in [2.75, 3.05) is 33.9 Å². The van der Waals surface area contributed by atoms with Gasteiger partial charge in [0.2, 0.25) is 0 Å². The number of rotatable bonds is 9. The number of ether oxygens (including phenoxy) is 1. The molecule has 7 nitrogen and oxygen atoms in total. The number of aliphatic imine (C=N–C) groups is 1. The molecule has 0 atom stereocenters. The van der Waals surface area contributed by atoms with Gasteiger partial charge in [-0.05, 0) is 11.6 Å². The van der Waals surface area contributed by atoms with Crippen LogP contribution >= 0.6 is 35.6 Å². The van der Waals surface area contributed by atoms with Gasteiger partial charge >= 0.3 is 0 Å². The molecule has 0 saturated heterocycles. The van der Waals surface area contributed by atoms with E-state index in [-0.39, 0.29) is 24.0 Å². The Balaban J connectivity index is 0.00000364. The zero-order chi connectivity index (χ0) is 18.8. The Bertz CT molecular complexity index is 709. The van der Waals surface area contributed by atoms with Crippen LogP contribution in [0.25, 0.3) is 0 Å². The summed E-state index contributed by atoms with van der Waals surface area (Å²) in [5.41, 5.74) is 1.06. The highest BCUT2D eigenvalue weighted by atomic mass is 127. The van der Waals surface area contributed by atoms with Gasteiger partial charge in [-0.3, -0.25) is 4.99 Å². The van der Waals surface area contributed by atoms with Gasteiger partial charge in [0, 0.05) is 45.2 Å². The Kier molecular flexibility index (Phi) is 11.3. The lowest BCUT2D eigenvalue weighted by Crippen LogP contribution is -2.40. The molecule has 0 bridgehead atoms. The second-order valence-corrected chi connectivity index (χ2v) is 6.27. The first-order valence-corrected chi connectivity index (χ1v) is 9.12. The van der Waals surface area contributed by atoms with E-state index in [9.17, 15) is 0 Å². The summed E-state index contributed by atoms with van der Waals surface area (Å²) in [6.45, 7) is 5.42. The highest BCUT2D eigenvalue weighted by Crippen LogP contribution is 2.16. The van der Waals surface area contributed by atoms with Crippen LogP contribution in [0.4, 0.5) is 0 Å². The lowest BCUT2D eigenvalue weighted by molar-refractivity contribution is 0.207. The fourth-order valence-electron chi connectivity index (χ4n) is 2.54. The topological polar surface area (TPSA) is 67.6 Å². The van der Waals surface area contributed by atoms with Gasteiger partial charge in [0.05, 0.1) is 13.2 Å². The van der Waals surface area contributed by atoms with Gasteiger partial charge in [0.15, 0.2) is 5.96 Å². The molecular weight excluding hydrogens is 479 g/mol. The van der Waals surface area contributed by atoms with Crippen molar-refractivity contribution in [3.05, 3.63) is 47.0 Å². The molecule has 9 heteroatoms. The molecule has 0 saturated carbocycles. The van der Waals surface area contributed by atoms with Gasteiger partial charge in [0.1, 0.15) is 12.2 Å². The zero-order valence-corrected chi connectivity index (χ0v) is 19.1. The Morgan fingerprint density at radius 2 is 2.15 bits per heavy atom. The SMILES string of the molecule is CCc1nncn1CCNC(=NCCOC)N(C)Cc1ccccc1Cl.I. The predicted octanol–water partition coefficient (Wildman–Crippen LogP) is 2.84. The molecular formula is C18H28ClIN6O. The first kappa shape index (κ1) is 23.6. The maximum absolute atomic E-state index is 6.28. The van der Waals surface area contributed by atoms with Crippen LogP contribution in [0, 0.1) is 0 Å². The van der Waals surface area contributed by atoms with Crippen LogP contribution in [-0.4, -0.2) is 59.5 Å². The van der Waals surface area contributed by atoms with Crippen LogP contribution in [-0.2, 0) is 24.2 Å². The normalized spacial score (nSPS) is 11.2. The second-order valence-electron chi connectivity index (χ2n) is 5.87. The molecule has 0 aliphatic rings. The highest BCUT2D eigenvalue weighted by molar-refractivity contribution is 14.0. The Hall–Kier alpha value is -1.39. The molecule has 2 rings (SSSR count). The molecule has 27 heavy (non-hydrogen) atoms. The van der Waals surface area contributed by atoms with E-state index in [2.05, 4.69) is 32.3 Å². The van der Waals surface area contributed by atoms with Gasteiger partial charge < -0.3 is 19.5 Å². The second kappa shape index (κ2) is 12.9. The average molecular weight is 507 g/mol. The molecule has 0 aliphatic heterocycles. The Morgan fingerprint density at radius 1 is 1.37 bits per heavy atom. The average Bonchev–Trinajstić information content (AvgIpc) is 3.10. The number of aromatic nitrogens is 3. The number of hydrogen-bond acceptors (Lipinski definition) is 4. The number of methoxy groups -OCH3 is 1. The van der Waals surface area contributed by atoms with Crippen LogP contribution in [0.5, 0.6) is 0 Å². The predicted molar refractivity (Wildman–Crippen MR) is 120 cm³/mol. The number of benzene rings is 1. The molecule has 0 fully saturated rings. The monoisotopic (exact) mass is 506 g/mol. The van der Waals surface area contributed by atoms with Crippen LogP contribution in [0.2, 0.25) is 5.02 Å². The van der Waals surface area contributed by atoms with E-state index in [1.54, 1.807) is 13.4 Å². The maximum atomic E-state index is 6.28. The summed E-state index contributed by atoms with van der Waals surface area (Å²) in [5, 5.41) is 12.2. The molecule has 0 amide bonds. The van der Waals surface area contributed by atoms with Gasteiger partial charge in [-0.25, -0.2) is 0 Å². The minimum absolute atomic E-state index is 0. The third kappa shape index (κ3) is 7.63. The molecule has 2 aromatic rings. The number of nitrogens with one attached hydrogen (secondary N) is 1. The standard InChI is InChI=1S/C18H27ClN6O.HI/c1-4-17-23-22-14-25(17)11-9-20-18(21-10-12-26-3)24(2)13-15-7-5-6-8-16(15)19;/h5-8,14H,4,9-13H2,1-3H3,(H,20,21);1H. The van der Waals surface area contributed by atoms with Crippen molar-refractivity contribution in [2.24, 2.45) is 4.99 Å². The molecule has 0 unspecified atom stereocenters. The fraction of sp³-hybridized carbons (Fsp3) is 0.500. The third-order valence-corrected chi connectivity index (χ3v) is 4.30. The number of aryl methyl sites for hydroxylation is 1. The van der Waals surface area contributed by atoms with Crippen LogP contribution in [0.15, 0.2) is 35.6 Å². The number of guanidine groups is 1. The number of hydrogen-bond donors (Lipinski definition) is 1. The van der Waals surface area contributed by atoms with Crippen LogP contribution in [0.3, 0.4) is 0 Å². The van der Waals surface area contributed by atoms with Crippen molar-refractivity contribution in [1.82, 2.24) is 25.0 Å². The first-order chi connectivity index (χ1) is 12.7. The van der Waals surface area contributed by atoms with Gasteiger partial charge in [-0.15, -0.1) is 34.2 Å². The van der Waals surface area contributed by atoms with E-state index in [1.165, 1.54) is 0 Å². The number of nitrogens with zero attached hydrogens (tertiary/aromatic N) is 5. The molecule has 1 heterocycles. The van der Waals surface area contributed by atoms with Crippen LogP contribution < -0.4 is 5.32 Å². The lowest BCUT2D eigenvalue weighted by atomic mass is 10.2. The van der Waals surface area contributed by atoms with E-state index < -0.39 is 0 Å². The zero-order valence-electron chi connectivity index (χ0n) is 16.1. The summed E-state index contributed by atoms with van der Waals surface area (Å²) >= 11 is 6.28. The van der Waals surface area contributed by atoms with Crippen molar-refractivity contribution in [2.45, 2.75) is 26.4 Å². The summed E-state index contributed by atoms with van der Waals surface area (Å²) in [4.78, 5) is 6.68. The van der Waals surface area contributed by atoms with Crippen LogP contribution in [0.1, 0.15) is 18.3 Å². The summed E-state index contributed by atoms with van der Waals surface area (Å²) in [6.07, 6.45) is 2.62. The van der Waals surface area contributed by atoms with Crippen molar-refractivity contribution in [1.29, 1.82) is 0 Å². The number of halogens is 2. The molecule has 0 aliphatic carbocycles. The lowest BCUT2D eigenvalue weighted by Gasteiger charge is -2.23. The molecule has 0 spiro atoms. The van der Waals surface area contributed by atoms with Gasteiger partial charge in [-0.2, -0.15) is 0 Å². The van der Waals surface area contributed by atoms with E-state index >= 15 is 0 Å². The Labute approximate surface area is 183 Å². The van der Waals surface area contributed by atoms with E-state index in [0.717, 1.165) is 41.9 Å². The highest BCUT2D eigenvalue weighted by Gasteiger charge is 2.10. The molecule has 150 valence electrons. The Morgan fingerprint density at radius 3 is 2.85 bits per heavy atom. The van der Waals surface area contributed by atoms with E-state index in [0.29, 0.717) is 19.7 Å². The van der Waals surface area contributed by atoms with E-state index in [1.807, 2.05) is 35.9 Å². The van der Waals surface area contributed by atoms with Crippen molar-refractivity contribution < 1.29 is 4.74 Å². The largest absolute Gasteiger partial charge is 0.383 e.